The molecular formula is C18H27N3O2. The molecule has 0 saturated heterocycles. The molecule has 3 N–H and O–H groups in total. The van der Waals surface area contributed by atoms with E-state index in [1.165, 1.54) is 30.5 Å². The number of aliphatic hydroxyl groups is 1. The van der Waals surface area contributed by atoms with Crippen LogP contribution in [0.4, 0.5) is 10.5 Å². The van der Waals surface area contributed by atoms with Gasteiger partial charge in [0.1, 0.15) is 0 Å². The minimum absolute atomic E-state index is 0.170. The highest BCUT2D eigenvalue weighted by molar-refractivity contribution is 5.74. The molecule has 1 heterocycles. The van der Waals surface area contributed by atoms with Crippen LogP contribution in [0, 0.1) is 0 Å². The van der Waals surface area contributed by atoms with Gasteiger partial charge in [-0.2, -0.15) is 0 Å². The zero-order chi connectivity index (χ0) is 16.2. The van der Waals surface area contributed by atoms with Crippen LogP contribution in [0.3, 0.4) is 0 Å². The van der Waals surface area contributed by atoms with Crippen molar-refractivity contribution in [1.29, 1.82) is 0 Å². The first-order chi connectivity index (χ1) is 11.1. The number of nitrogens with one attached hydrogen (secondary N) is 2. The standard InChI is InChI=1S/C18H27N3O2/c1-21-10-9-13-11-14(7-8-16(13)21)17(22)12-19-18(23)20-15-5-3-2-4-6-15/h7-8,11,15,17,22H,2-6,9-10,12H2,1H3,(H2,19,20,23). The minimum atomic E-state index is -0.664. The molecule has 1 aromatic rings. The van der Waals surface area contributed by atoms with Gasteiger partial charge >= 0.3 is 6.03 Å². The highest BCUT2D eigenvalue weighted by Crippen LogP contribution is 2.29. The molecule has 2 amide bonds. The molecule has 23 heavy (non-hydrogen) atoms. The molecule has 3 rings (SSSR count). The van der Waals surface area contributed by atoms with Crippen molar-refractivity contribution >= 4 is 11.7 Å². The number of likely N-dealkylation sites (N-methyl/N-ethyl adjacent to an activating group) is 1. The van der Waals surface area contributed by atoms with Crippen molar-refractivity contribution in [3.05, 3.63) is 29.3 Å². The average Bonchev–Trinajstić information content (AvgIpc) is 2.94. The fraction of sp³-hybridized carbons (Fsp3) is 0.611. The molecule has 5 nitrogen and oxygen atoms in total. The number of hydrogen-bond acceptors (Lipinski definition) is 3. The molecule has 0 radical (unpaired) electrons. The number of aliphatic hydroxyl groups excluding tert-OH is 1. The third-order valence-corrected chi connectivity index (χ3v) is 5.01. The predicted molar refractivity (Wildman–Crippen MR) is 91.8 cm³/mol. The Balaban J connectivity index is 1.49. The molecule has 1 aliphatic carbocycles. The zero-order valence-corrected chi connectivity index (χ0v) is 13.8. The lowest BCUT2D eigenvalue weighted by atomic mass is 9.96. The van der Waals surface area contributed by atoms with Crippen LogP contribution in [-0.4, -0.2) is 37.3 Å². The third kappa shape index (κ3) is 3.96. The number of urea groups is 1. The van der Waals surface area contributed by atoms with Gasteiger partial charge in [-0.25, -0.2) is 4.79 Å². The summed E-state index contributed by atoms with van der Waals surface area (Å²) in [5.41, 5.74) is 3.39. The number of amides is 2. The molecule has 0 spiro atoms. The second-order valence-corrected chi connectivity index (χ2v) is 6.76. The summed E-state index contributed by atoms with van der Waals surface area (Å²) in [6, 6.07) is 6.19. The van der Waals surface area contributed by atoms with Gasteiger partial charge in [-0.3, -0.25) is 0 Å². The first-order valence-corrected chi connectivity index (χ1v) is 8.70. The van der Waals surface area contributed by atoms with Crippen molar-refractivity contribution < 1.29 is 9.90 Å². The quantitative estimate of drug-likeness (QED) is 0.799. The topological polar surface area (TPSA) is 64.6 Å². The Kier molecular flexibility index (Phi) is 5.06. The number of nitrogens with zero attached hydrogens (tertiary/aromatic N) is 1. The van der Waals surface area contributed by atoms with Crippen LogP contribution in [0.2, 0.25) is 0 Å². The Bertz CT molecular complexity index is 555. The first kappa shape index (κ1) is 16.1. The number of carbonyl (C=O) groups excluding carboxylic acids is 1. The van der Waals surface area contributed by atoms with Crippen molar-refractivity contribution in [3.63, 3.8) is 0 Å². The van der Waals surface area contributed by atoms with E-state index in [9.17, 15) is 9.90 Å². The van der Waals surface area contributed by atoms with E-state index >= 15 is 0 Å². The van der Waals surface area contributed by atoms with Crippen molar-refractivity contribution in [3.8, 4) is 0 Å². The smallest absolute Gasteiger partial charge is 0.315 e. The second kappa shape index (κ2) is 7.21. The maximum Gasteiger partial charge on any atom is 0.315 e. The Morgan fingerprint density at radius 1 is 1.35 bits per heavy atom. The summed E-state index contributed by atoms with van der Waals surface area (Å²) in [6.45, 7) is 1.27. The van der Waals surface area contributed by atoms with Crippen LogP contribution < -0.4 is 15.5 Å². The predicted octanol–water partition coefficient (Wildman–Crippen LogP) is 2.34. The summed E-state index contributed by atoms with van der Waals surface area (Å²) in [5.74, 6) is 0. The summed E-state index contributed by atoms with van der Waals surface area (Å²) in [4.78, 5) is 14.2. The van der Waals surface area contributed by atoms with E-state index in [1.807, 2.05) is 6.07 Å². The molecule has 2 aliphatic rings. The van der Waals surface area contributed by atoms with Gasteiger partial charge in [0.05, 0.1) is 6.10 Å². The fourth-order valence-electron chi connectivity index (χ4n) is 3.58. The number of rotatable bonds is 4. The lowest BCUT2D eigenvalue weighted by molar-refractivity contribution is 0.172. The minimum Gasteiger partial charge on any atom is -0.387 e. The summed E-state index contributed by atoms with van der Waals surface area (Å²) in [6.07, 6.45) is 6.13. The number of anilines is 1. The van der Waals surface area contributed by atoms with E-state index in [1.54, 1.807) is 0 Å². The van der Waals surface area contributed by atoms with Gasteiger partial charge in [-0.15, -0.1) is 0 Å². The molecule has 1 fully saturated rings. The van der Waals surface area contributed by atoms with Crippen LogP contribution in [0.25, 0.3) is 0 Å². The Hall–Kier alpha value is -1.75. The monoisotopic (exact) mass is 317 g/mol. The van der Waals surface area contributed by atoms with Gasteiger partial charge in [0, 0.05) is 31.9 Å². The van der Waals surface area contributed by atoms with E-state index in [0.29, 0.717) is 0 Å². The molecule has 1 aliphatic heterocycles. The van der Waals surface area contributed by atoms with E-state index in [0.717, 1.165) is 31.4 Å². The zero-order valence-electron chi connectivity index (χ0n) is 13.8. The van der Waals surface area contributed by atoms with Crippen molar-refractivity contribution in [2.24, 2.45) is 0 Å². The second-order valence-electron chi connectivity index (χ2n) is 6.76. The summed E-state index contributed by atoms with van der Waals surface area (Å²) in [5, 5.41) is 16.1. The molecule has 126 valence electrons. The highest BCUT2D eigenvalue weighted by Gasteiger charge is 2.19. The van der Waals surface area contributed by atoms with Gasteiger partial charge in [-0.1, -0.05) is 31.4 Å². The molecule has 1 unspecified atom stereocenters. The first-order valence-electron chi connectivity index (χ1n) is 8.70. The Labute approximate surface area is 138 Å². The largest absolute Gasteiger partial charge is 0.387 e. The van der Waals surface area contributed by atoms with E-state index < -0.39 is 6.10 Å². The third-order valence-electron chi connectivity index (χ3n) is 5.01. The number of benzene rings is 1. The van der Waals surface area contributed by atoms with Crippen LogP contribution >= 0.6 is 0 Å². The van der Waals surface area contributed by atoms with Gasteiger partial charge in [-0.05, 0) is 36.5 Å². The van der Waals surface area contributed by atoms with Gasteiger partial charge < -0.3 is 20.6 Å². The number of hydrogen-bond donors (Lipinski definition) is 3. The Morgan fingerprint density at radius 3 is 2.91 bits per heavy atom. The van der Waals surface area contributed by atoms with E-state index in [-0.39, 0.29) is 18.6 Å². The lowest BCUT2D eigenvalue weighted by Gasteiger charge is -2.23. The maximum atomic E-state index is 11.9. The normalized spacial score (nSPS) is 19.3. The van der Waals surface area contributed by atoms with Crippen molar-refractivity contribution in [2.45, 2.75) is 50.7 Å². The molecule has 5 heteroatoms. The van der Waals surface area contributed by atoms with E-state index in [2.05, 4.69) is 34.7 Å². The van der Waals surface area contributed by atoms with Gasteiger partial charge in [0.25, 0.3) is 0 Å². The molecule has 0 bridgehead atoms. The molecule has 1 saturated carbocycles. The number of fused-ring (bicyclic) bond motifs is 1. The average molecular weight is 317 g/mol. The molecule has 0 aromatic heterocycles. The highest BCUT2D eigenvalue weighted by atomic mass is 16.3. The van der Waals surface area contributed by atoms with Crippen LogP contribution in [0.15, 0.2) is 18.2 Å². The summed E-state index contributed by atoms with van der Waals surface area (Å²) >= 11 is 0. The number of carbonyl (C=O) groups is 1. The van der Waals surface area contributed by atoms with Crippen LogP contribution in [-0.2, 0) is 6.42 Å². The van der Waals surface area contributed by atoms with Crippen LogP contribution in [0.5, 0.6) is 0 Å². The molecule has 1 atom stereocenters. The van der Waals surface area contributed by atoms with Crippen LogP contribution in [0.1, 0.15) is 49.3 Å². The molecule has 1 aromatic carbocycles. The lowest BCUT2D eigenvalue weighted by Crippen LogP contribution is -2.44. The SMILES string of the molecule is CN1CCc2cc(C(O)CNC(=O)NC3CCCCC3)ccc21. The maximum absolute atomic E-state index is 11.9. The van der Waals surface area contributed by atoms with E-state index in [4.69, 9.17) is 0 Å². The summed E-state index contributed by atoms with van der Waals surface area (Å²) < 4.78 is 0. The van der Waals surface area contributed by atoms with Gasteiger partial charge in [0.15, 0.2) is 0 Å². The van der Waals surface area contributed by atoms with Crippen molar-refractivity contribution in [1.82, 2.24) is 10.6 Å². The molecular weight excluding hydrogens is 290 g/mol. The van der Waals surface area contributed by atoms with Crippen molar-refractivity contribution in [2.75, 3.05) is 25.0 Å². The summed E-state index contributed by atoms with van der Waals surface area (Å²) in [7, 11) is 2.08. The fourth-order valence-corrected chi connectivity index (χ4v) is 3.58. The van der Waals surface area contributed by atoms with Gasteiger partial charge in [0.2, 0.25) is 0 Å². The Morgan fingerprint density at radius 2 is 2.13 bits per heavy atom.